The Kier molecular flexibility index (Phi) is 9.15. The van der Waals surface area contributed by atoms with Crippen molar-refractivity contribution in [3.8, 4) is 5.75 Å². The van der Waals surface area contributed by atoms with Gasteiger partial charge in [0.2, 0.25) is 0 Å². The number of alkyl halides is 3. The number of hydrogen-bond acceptors (Lipinski definition) is 3. The van der Waals surface area contributed by atoms with Crippen molar-refractivity contribution in [2.75, 3.05) is 32.8 Å². The van der Waals surface area contributed by atoms with E-state index in [1.807, 2.05) is 6.92 Å². The Balaban J connectivity index is 0.00000220. The number of nitrogens with zero attached hydrogens (tertiary/aromatic N) is 1. The van der Waals surface area contributed by atoms with Crippen LogP contribution in [0.25, 0.3) is 0 Å². The highest BCUT2D eigenvalue weighted by molar-refractivity contribution is 5.85. The number of nitrogens with one attached hydrogen (secondary N) is 1. The summed E-state index contributed by atoms with van der Waals surface area (Å²) in [6, 6.07) is 4.66. The van der Waals surface area contributed by atoms with E-state index in [1.54, 1.807) is 12.1 Å². The smallest absolute Gasteiger partial charge is 0.408 e. The molecule has 2 rings (SSSR count). The predicted molar refractivity (Wildman–Crippen MR) is 85.3 cm³/mol. The number of hydrogen-bond donors (Lipinski definition) is 1. The summed E-state index contributed by atoms with van der Waals surface area (Å²) < 4.78 is 45.3. The Bertz CT molecular complexity index is 423. The molecule has 1 saturated heterocycles. The molecule has 1 atom stereocenters. The van der Waals surface area contributed by atoms with E-state index in [0.717, 1.165) is 0 Å². The molecule has 0 aliphatic carbocycles. The predicted octanol–water partition coefficient (Wildman–Crippen LogP) is 3.44. The number of ether oxygens (including phenoxy) is 1. The second kappa shape index (κ2) is 9.45. The lowest BCUT2D eigenvalue weighted by molar-refractivity contribution is -0.187. The summed E-state index contributed by atoms with van der Waals surface area (Å²) in [6.45, 7) is 4.31. The molecule has 0 radical (unpaired) electrons. The van der Waals surface area contributed by atoms with Crippen molar-refractivity contribution in [2.24, 2.45) is 0 Å². The first-order valence-corrected chi connectivity index (χ1v) is 6.76. The Morgan fingerprint density at radius 3 is 2.14 bits per heavy atom. The third kappa shape index (κ3) is 5.50. The molecular weight excluding hydrogens is 340 g/mol. The maximum atomic E-state index is 13.3. The second-order valence-electron chi connectivity index (χ2n) is 4.73. The summed E-state index contributed by atoms with van der Waals surface area (Å²) in [6.07, 6.45) is -4.27. The molecular formula is C14H21Cl2F3N2O. The Labute approximate surface area is 141 Å². The van der Waals surface area contributed by atoms with Crippen LogP contribution in [0.2, 0.25) is 0 Å². The SMILES string of the molecule is CCOc1ccc([C@@H](N2CCNCC2)C(F)(F)F)cc1.Cl.Cl. The molecule has 0 spiro atoms. The molecule has 22 heavy (non-hydrogen) atoms. The van der Waals surface area contributed by atoms with Crippen LogP contribution in [0, 0.1) is 0 Å². The van der Waals surface area contributed by atoms with Crippen molar-refractivity contribution >= 4 is 24.8 Å². The first kappa shape index (κ1) is 21.3. The quantitative estimate of drug-likeness (QED) is 0.889. The van der Waals surface area contributed by atoms with E-state index < -0.39 is 12.2 Å². The van der Waals surface area contributed by atoms with Gasteiger partial charge >= 0.3 is 6.18 Å². The topological polar surface area (TPSA) is 24.5 Å². The highest BCUT2D eigenvalue weighted by Crippen LogP contribution is 2.38. The van der Waals surface area contributed by atoms with E-state index in [2.05, 4.69) is 5.32 Å². The summed E-state index contributed by atoms with van der Waals surface area (Å²) in [5.41, 5.74) is 0.267. The molecule has 1 heterocycles. The van der Waals surface area contributed by atoms with Crippen LogP contribution in [-0.2, 0) is 0 Å². The van der Waals surface area contributed by atoms with Crippen LogP contribution in [0.15, 0.2) is 24.3 Å². The fourth-order valence-corrected chi connectivity index (χ4v) is 2.46. The zero-order chi connectivity index (χ0) is 14.6. The van der Waals surface area contributed by atoms with Gasteiger partial charge in [-0.15, -0.1) is 24.8 Å². The summed E-state index contributed by atoms with van der Waals surface area (Å²) in [7, 11) is 0. The van der Waals surface area contributed by atoms with Gasteiger partial charge in [-0.05, 0) is 24.6 Å². The van der Waals surface area contributed by atoms with Crippen molar-refractivity contribution in [1.29, 1.82) is 0 Å². The van der Waals surface area contributed by atoms with Crippen LogP contribution in [0.1, 0.15) is 18.5 Å². The maximum Gasteiger partial charge on any atom is 0.408 e. The minimum Gasteiger partial charge on any atom is -0.494 e. The standard InChI is InChI=1S/C14H19F3N2O.2ClH/c1-2-20-12-5-3-11(4-6-12)13(14(15,16)17)19-9-7-18-8-10-19;;/h3-6,13,18H,2,7-10H2,1H3;2*1H/t13-;;/m1../s1. The highest BCUT2D eigenvalue weighted by Gasteiger charge is 2.44. The first-order valence-electron chi connectivity index (χ1n) is 6.76. The Morgan fingerprint density at radius 1 is 1.14 bits per heavy atom. The van der Waals surface area contributed by atoms with Gasteiger partial charge in [0.1, 0.15) is 11.8 Å². The Hall–Kier alpha value is -0.690. The molecule has 1 aromatic rings. The normalized spacial score (nSPS) is 17.1. The lowest BCUT2D eigenvalue weighted by Gasteiger charge is -2.36. The molecule has 0 aromatic heterocycles. The van der Waals surface area contributed by atoms with Crippen LogP contribution in [-0.4, -0.2) is 43.9 Å². The van der Waals surface area contributed by atoms with Gasteiger partial charge in [-0.2, -0.15) is 13.2 Å². The second-order valence-corrected chi connectivity index (χ2v) is 4.73. The fraction of sp³-hybridized carbons (Fsp3) is 0.571. The molecule has 1 fully saturated rings. The van der Waals surface area contributed by atoms with E-state index in [9.17, 15) is 13.2 Å². The van der Waals surface area contributed by atoms with Gasteiger partial charge in [-0.25, -0.2) is 0 Å². The molecule has 8 heteroatoms. The lowest BCUT2D eigenvalue weighted by Crippen LogP contribution is -2.49. The zero-order valence-electron chi connectivity index (χ0n) is 12.2. The van der Waals surface area contributed by atoms with Crippen LogP contribution < -0.4 is 10.1 Å². The van der Waals surface area contributed by atoms with Crippen molar-refractivity contribution in [3.63, 3.8) is 0 Å². The van der Waals surface area contributed by atoms with E-state index >= 15 is 0 Å². The minimum atomic E-state index is -4.27. The molecule has 0 bridgehead atoms. The average Bonchev–Trinajstić information content (AvgIpc) is 2.41. The molecule has 1 N–H and O–H groups in total. The molecule has 1 aliphatic heterocycles. The van der Waals surface area contributed by atoms with Crippen LogP contribution in [0.3, 0.4) is 0 Å². The summed E-state index contributed by atoms with van der Waals surface area (Å²) in [5, 5.41) is 3.07. The van der Waals surface area contributed by atoms with Crippen molar-refractivity contribution in [2.45, 2.75) is 19.1 Å². The summed E-state index contributed by atoms with van der Waals surface area (Å²) in [5.74, 6) is 0.595. The molecule has 1 aliphatic rings. The van der Waals surface area contributed by atoms with E-state index in [0.29, 0.717) is 38.5 Å². The third-order valence-corrected chi connectivity index (χ3v) is 3.33. The number of piperazine rings is 1. The van der Waals surface area contributed by atoms with Crippen LogP contribution >= 0.6 is 24.8 Å². The largest absolute Gasteiger partial charge is 0.494 e. The minimum absolute atomic E-state index is 0. The maximum absolute atomic E-state index is 13.3. The molecule has 3 nitrogen and oxygen atoms in total. The van der Waals surface area contributed by atoms with Crippen molar-refractivity contribution in [3.05, 3.63) is 29.8 Å². The van der Waals surface area contributed by atoms with Gasteiger partial charge < -0.3 is 10.1 Å². The molecule has 128 valence electrons. The van der Waals surface area contributed by atoms with Gasteiger partial charge in [0.15, 0.2) is 0 Å². The van der Waals surface area contributed by atoms with Gasteiger partial charge in [0, 0.05) is 26.2 Å². The number of halogens is 5. The summed E-state index contributed by atoms with van der Waals surface area (Å²) in [4.78, 5) is 1.48. The van der Waals surface area contributed by atoms with Crippen LogP contribution in [0.5, 0.6) is 5.75 Å². The van der Waals surface area contributed by atoms with E-state index in [4.69, 9.17) is 4.74 Å². The highest BCUT2D eigenvalue weighted by atomic mass is 35.5. The molecule has 0 saturated carbocycles. The van der Waals surface area contributed by atoms with Gasteiger partial charge in [-0.3, -0.25) is 4.90 Å². The van der Waals surface area contributed by atoms with E-state index in [-0.39, 0.29) is 30.4 Å². The Morgan fingerprint density at radius 2 is 1.68 bits per heavy atom. The fourth-order valence-electron chi connectivity index (χ4n) is 2.46. The number of benzene rings is 1. The lowest BCUT2D eigenvalue weighted by atomic mass is 10.0. The van der Waals surface area contributed by atoms with Gasteiger partial charge in [0.05, 0.1) is 6.61 Å². The molecule has 1 aromatic carbocycles. The van der Waals surface area contributed by atoms with Gasteiger partial charge in [0.25, 0.3) is 0 Å². The average molecular weight is 361 g/mol. The van der Waals surface area contributed by atoms with Crippen LogP contribution in [0.4, 0.5) is 13.2 Å². The van der Waals surface area contributed by atoms with Gasteiger partial charge in [-0.1, -0.05) is 12.1 Å². The van der Waals surface area contributed by atoms with Crippen molar-refractivity contribution < 1.29 is 17.9 Å². The van der Waals surface area contributed by atoms with E-state index in [1.165, 1.54) is 17.0 Å². The monoisotopic (exact) mass is 360 g/mol. The first-order chi connectivity index (χ1) is 9.52. The van der Waals surface area contributed by atoms with Crippen molar-refractivity contribution in [1.82, 2.24) is 10.2 Å². The zero-order valence-corrected chi connectivity index (χ0v) is 13.9. The molecule has 0 amide bonds. The molecule has 0 unspecified atom stereocenters. The number of rotatable bonds is 4. The third-order valence-electron chi connectivity index (χ3n) is 3.33. The summed E-state index contributed by atoms with van der Waals surface area (Å²) >= 11 is 0.